The molecule has 7 heteroatoms. The van der Waals surface area contributed by atoms with Crippen molar-refractivity contribution < 1.29 is 22.8 Å². The van der Waals surface area contributed by atoms with E-state index in [2.05, 4.69) is 5.32 Å². The average molecular weight is 404 g/mol. The highest BCUT2D eigenvalue weighted by Gasteiger charge is 2.30. The molecule has 0 aromatic heterocycles. The maximum Gasteiger partial charge on any atom is 0.416 e. The first-order chi connectivity index (χ1) is 13.5. The summed E-state index contributed by atoms with van der Waals surface area (Å²) in [6, 6.07) is 8.57. The molecule has 0 aliphatic rings. The van der Waals surface area contributed by atoms with Crippen molar-refractivity contribution in [1.82, 2.24) is 4.90 Å². The Morgan fingerprint density at radius 2 is 1.69 bits per heavy atom. The zero-order valence-corrected chi connectivity index (χ0v) is 16.7. The minimum absolute atomic E-state index is 0.182. The fourth-order valence-corrected chi connectivity index (χ4v) is 2.96. The summed E-state index contributed by atoms with van der Waals surface area (Å²) in [6.45, 7) is 5.57. The number of alkyl halides is 3. The minimum Gasteiger partial charge on any atom is -0.333 e. The zero-order valence-electron chi connectivity index (χ0n) is 16.7. The summed E-state index contributed by atoms with van der Waals surface area (Å²) in [5.74, 6) is -0.849. The van der Waals surface area contributed by atoms with E-state index in [4.69, 9.17) is 0 Å². The third kappa shape index (κ3) is 6.20. The van der Waals surface area contributed by atoms with Gasteiger partial charge in [0, 0.05) is 18.8 Å². The number of amides is 2. The molecule has 2 aromatic rings. The third-order valence-corrected chi connectivity index (χ3v) is 4.33. The molecule has 0 aliphatic carbocycles. The van der Waals surface area contributed by atoms with Gasteiger partial charge in [-0.2, -0.15) is 13.2 Å². The maximum absolute atomic E-state index is 12.8. The van der Waals surface area contributed by atoms with Crippen LogP contribution in [0.25, 0.3) is 6.08 Å². The van der Waals surface area contributed by atoms with Crippen molar-refractivity contribution in [2.24, 2.45) is 0 Å². The van der Waals surface area contributed by atoms with Gasteiger partial charge < -0.3 is 10.2 Å². The molecule has 2 aromatic carbocycles. The highest BCUT2D eigenvalue weighted by molar-refractivity contribution is 5.98. The van der Waals surface area contributed by atoms with Crippen LogP contribution in [0, 0.1) is 20.8 Å². The number of likely N-dealkylation sites (N-methyl/N-ethyl adjacent to an activating group) is 1. The first kappa shape index (κ1) is 22.2. The number of benzene rings is 2. The first-order valence-electron chi connectivity index (χ1n) is 8.95. The molecule has 0 unspecified atom stereocenters. The van der Waals surface area contributed by atoms with E-state index in [0.717, 1.165) is 34.9 Å². The molecule has 0 heterocycles. The Labute approximate surface area is 168 Å². The van der Waals surface area contributed by atoms with Crippen molar-refractivity contribution in [2.75, 3.05) is 18.9 Å². The Morgan fingerprint density at radius 1 is 1.07 bits per heavy atom. The molecular formula is C22H23F3N2O2. The molecule has 0 radical (unpaired) electrons. The summed E-state index contributed by atoms with van der Waals surface area (Å²) in [5.41, 5.74) is 3.11. The topological polar surface area (TPSA) is 49.4 Å². The van der Waals surface area contributed by atoms with E-state index in [1.54, 1.807) is 0 Å². The number of carbonyl (C=O) groups is 2. The van der Waals surface area contributed by atoms with Gasteiger partial charge in [-0.1, -0.05) is 29.8 Å². The zero-order chi connectivity index (χ0) is 21.8. The molecule has 0 saturated carbocycles. The Bertz CT molecular complexity index is 926. The second-order valence-electron chi connectivity index (χ2n) is 6.97. The van der Waals surface area contributed by atoms with Crippen molar-refractivity contribution in [1.29, 1.82) is 0 Å². The summed E-state index contributed by atoms with van der Waals surface area (Å²) in [5, 5.41) is 2.81. The number of nitrogens with zero attached hydrogens (tertiary/aromatic N) is 1. The quantitative estimate of drug-likeness (QED) is 0.732. The van der Waals surface area contributed by atoms with E-state index >= 15 is 0 Å². The number of carbonyl (C=O) groups excluding carboxylic acids is 2. The minimum atomic E-state index is -4.45. The number of hydrogen-bond acceptors (Lipinski definition) is 2. The molecule has 2 amide bonds. The van der Waals surface area contributed by atoms with Crippen LogP contribution in [-0.4, -0.2) is 30.3 Å². The lowest BCUT2D eigenvalue weighted by Crippen LogP contribution is -2.34. The van der Waals surface area contributed by atoms with Gasteiger partial charge in [-0.3, -0.25) is 9.59 Å². The smallest absolute Gasteiger partial charge is 0.333 e. The molecule has 2 rings (SSSR count). The van der Waals surface area contributed by atoms with Crippen molar-refractivity contribution in [3.63, 3.8) is 0 Å². The summed E-state index contributed by atoms with van der Waals surface area (Å²) < 4.78 is 38.3. The van der Waals surface area contributed by atoms with Crippen LogP contribution >= 0.6 is 0 Å². The van der Waals surface area contributed by atoms with Gasteiger partial charge in [0.15, 0.2) is 0 Å². The maximum atomic E-state index is 12.8. The highest BCUT2D eigenvalue weighted by Crippen LogP contribution is 2.29. The normalized spacial score (nSPS) is 11.6. The molecule has 29 heavy (non-hydrogen) atoms. The lowest BCUT2D eigenvalue weighted by atomic mass is 10.1. The molecule has 0 atom stereocenters. The summed E-state index contributed by atoms with van der Waals surface area (Å²) in [6.07, 6.45) is -2.01. The fourth-order valence-electron chi connectivity index (χ4n) is 2.96. The molecule has 0 aliphatic heterocycles. The van der Waals surface area contributed by atoms with Gasteiger partial charge >= 0.3 is 6.18 Å². The second kappa shape index (κ2) is 8.94. The van der Waals surface area contributed by atoms with Crippen LogP contribution in [0.3, 0.4) is 0 Å². The van der Waals surface area contributed by atoms with Gasteiger partial charge in [0.25, 0.3) is 0 Å². The average Bonchev–Trinajstić information content (AvgIpc) is 2.62. The van der Waals surface area contributed by atoms with Crippen LogP contribution in [0.15, 0.2) is 42.5 Å². The number of halogens is 3. The molecule has 4 nitrogen and oxygen atoms in total. The molecule has 0 fully saturated rings. The van der Waals surface area contributed by atoms with E-state index in [1.807, 2.05) is 32.9 Å². The predicted molar refractivity (Wildman–Crippen MR) is 107 cm³/mol. The van der Waals surface area contributed by atoms with Gasteiger partial charge in [-0.15, -0.1) is 0 Å². The predicted octanol–water partition coefficient (Wildman–Crippen LogP) is 4.74. The van der Waals surface area contributed by atoms with Crippen LogP contribution in [0.5, 0.6) is 0 Å². The van der Waals surface area contributed by atoms with Gasteiger partial charge in [0.05, 0.1) is 12.1 Å². The van der Waals surface area contributed by atoms with E-state index in [9.17, 15) is 22.8 Å². The lowest BCUT2D eigenvalue weighted by molar-refractivity contribution is -0.137. The Hall–Kier alpha value is -3.09. The summed E-state index contributed by atoms with van der Waals surface area (Å²) in [7, 11) is 1.45. The fraction of sp³-hybridized carbons (Fsp3) is 0.273. The first-order valence-corrected chi connectivity index (χ1v) is 8.95. The monoisotopic (exact) mass is 404 g/mol. The molecule has 0 spiro atoms. The van der Waals surface area contributed by atoms with E-state index in [-0.39, 0.29) is 18.0 Å². The number of rotatable bonds is 5. The largest absolute Gasteiger partial charge is 0.416 e. The van der Waals surface area contributed by atoms with Gasteiger partial charge in [0.1, 0.15) is 0 Å². The van der Waals surface area contributed by atoms with E-state index in [1.165, 1.54) is 30.2 Å². The Morgan fingerprint density at radius 3 is 2.28 bits per heavy atom. The highest BCUT2D eigenvalue weighted by atomic mass is 19.4. The van der Waals surface area contributed by atoms with Crippen LogP contribution in [0.1, 0.15) is 27.8 Å². The summed E-state index contributed by atoms with van der Waals surface area (Å²) in [4.78, 5) is 25.7. The van der Waals surface area contributed by atoms with Crippen LogP contribution < -0.4 is 5.32 Å². The number of hydrogen-bond donors (Lipinski definition) is 1. The van der Waals surface area contributed by atoms with Crippen LogP contribution in [-0.2, 0) is 15.8 Å². The Balaban J connectivity index is 2.00. The number of anilines is 1. The van der Waals surface area contributed by atoms with Crippen LogP contribution in [0.4, 0.5) is 18.9 Å². The van der Waals surface area contributed by atoms with Crippen molar-refractivity contribution in [2.45, 2.75) is 26.9 Å². The standard InChI is InChI=1S/C22H23F3N2O2/c1-14-10-15(2)21(16(3)11-14)26-19(28)13-27(4)20(29)9-8-17-6-5-7-18(12-17)22(23,24)25/h5-12H,13H2,1-4H3,(H,26,28)/b9-8+. The SMILES string of the molecule is Cc1cc(C)c(NC(=O)CN(C)C(=O)/C=C/c2cccc(C(F)(F)F)c2)c(C)c1. The van der Waals surface area contributed by atoms with E-state index < -0.39 is 17.6 Å². The van der Waals surface area contributed by atoms with Crippen molar-refractivity contribution >= 4 is 23.6 Å². The third-order valence-electron chi connectivity index (χ3n) is 4.33. The molecule has 0 saturated heterocycles. The molecule has 1 N–H and O–H groups in total. The Kier molecular flexibility index (Phi) is 6.84. The lowest BCUT2D eigenvalue weighted by Gasteiger charge is -2.17. The number of aryl methyl sites for hydroxylation is 3. The summed E-state index contributed by atoms with van der Waals surface area (Å²) >= 11 is 0. The van der Waals surface area contributed by atoms with Gasteiger partial charge in [0.2, 0.25) is 11.8 Å². The van der Waals surface area contributed by atoms with Gasteiger partial charge in [-0.05, 0) is 55.7 Å². The second-order valence-corrected chi connectivity index (χ2v) is 6.97. The molecule has 154 valence electrons. The van der Waals surface area contributed by atoms with Crippen LogP contribution in [0.2, 0.25) is 0 Å². The number of nitrogens with one attached hydrogen (secondary N) is 1. The molecular weight excluding hydrogens is 381 g/mol. The molecule has 0 bridgehead atoms. The van der Waals surface area contributed by atoms with E-state index in [0.29, 0.717) is 5.69 Å². The van der Waals surface area contributed by atoms with Crippen molar-refractivity contribution in [3.8, 4) is 0 Å². The van der Waals surface area contributed by atoms with Gasteiger partial charge in [-0.25, -0.2) is 0 Å². The van der Waals surface area contributed by atoms with Crippen molar-refractivity contribution in [3.05, 3.63) is 70.3 Å².